The van der Waals surface area contributed by atoms with E-state index in [1.165, 1.54) is 4.90 Å². The minimum Gasteiger partial charge on any atom is -0.310 e. The van der Waals surface area contributed by atoms with Crippen molar-refractivity contribution in [3.05, 3.63) is 24.3 Å². The second-order valence-electron chi connectivity index (χ2n) is 6.46. The number of rotatable bonds is 3. The first kappa shape index (κ1) is 16.6. The quantitative estimate of drug-likeness (QED) is 0.849. The van der Waals surface area contributed by atoms with Crippen LogP contribution in [0.2, 0.25) is 0 Å². The molecular weight excluding hydrogens is 321 g/mol. The number of alkyl halides is 3. The number of amides is 1. The molecule has 1 aromatic rings. The summed E-state index contributed by atoms with van der Waals surface area (Å²) < 4.78 is 38.8. The summed E-state index contributed by atoms with van der Waals surface area (Å²) in [7, 11) is 1.57. The van der Waals surface area contributed by atoms with E-state index in [4.69, 9.17) is 0 Å². The van der Waals surface area contributed by atoms with Gasteiger partial charge < -0.3 is 4.90 Å². The van der Waals surface area contributed by atoms with Gasteiger partial charge in [-0.1, -0.05) is 26.0 Å². The molecule has 0 aromatic heterocycles. The van der Waals surface area contributed by atoms with Crippen molar-refractivity contribution in [2.45, 2.75) is 32.6 Å². The van der Waals surface area contributed by atoms with E-state index in [-0.39, 0.29) is 5.92 Å². The summed E-state index contributed by atoms with van der Waals surface area (Å²) >= 11 is 0. The molecule has 5 nitrogen and oxygen atoms in total. The molecule has 1 unspecified atom stereocenters. The zero-order chi connectivity index (χ0) is 17.6. The zero-order valence-electron chi connectivity index (χ0n) is 13.7. The van der Waals surface area contributed by atoms with Crippen LogP contribution in [0.4, 0.5) is 24.5 Å². The van der Waals surface area contributed by atoms with Crippen molar-refractivity contribution in [1.29, 1.82) is 0 Å². The maximum atomic E-state index is 12.9. The second kappa shape index (κ2) is 5.68. The normalized spacial score (nSPS) is 20.5. The molecule has 8 heteroatoms. The molecule has 2 aliphatic heterocycles. The number of amidine groups is 1. The van der Waals surface area contributed by atoms with Crippen LogP contribution >= 0.6 is 0 Å². The predicted octanol–water partition coefficient (Wildman–Crippen LogP) is 3.03. The second-order valence-corrected chi connectivity index (χ2v) is 6.46. The Morgan fingerprint density at radius 2 is 1.83 bits per heavy atom. The van der Waals surface area contributed by atoms with Gasteiger partial charge in [0.25, 0.3) is 5.91 Å². The highest BCUT2D eigenvalue weighted by Gasteiger charge is 2.49. The van der Waals surface area contributed by atoms with Crippen LogP contribution in [0.5, 0.6) is 0 Å². The highest BCUT2D eigenvalue weighted by Crippen LogP contribution is 2.40. The van der Waals surface area contributed by atoms with Crippen LogP contribution < -0.4 is 9.80 Å². The highest BCUT2D eigenvalue weighted by molar-refractivity contribution is 6.15. The fourth-order valence-corrected chi connectivity index (χ4v) is 3.09. The Morgan fingerprint density at radius 3 is 2.42 bits per heavy atom. The van der Waals surface area contributed by atoms with Crippen LogP contribution in [-0.4, -0.2) is 42.7 Å². The smallest absolute Gasteiger partial charge is 0.310 e. The van der Waals surface area contributed by atoms with Crippen molar-refractivity contribution in [1.82, 2.24) is 5.01 Å². The molecule has 0 saturated heterocycles. The minimum absolute atomic E-state index is 0.206. The molecule has 1 aromatic carbocycles. The molecule has 3 rings (SSSR count). The summed E-state index contributed by atoms with van der Waals surface area (Å²) in [6.07, 6.45) is -5.02. The minimum atomic E-state index is -4.43. The number of hydrogen-bond acceptors (Lipinski definition) is 4. The standard InChI is InChI=1S/C16H19F3N4O/c1-10(2)8-13-20-22(9-16(17,18)19)14-15(24)21(3)11-6-4-5-7-12(11)23(13)14/h4-7,10,14H,8-9H2,1-3H3. The van der Waals surface area contributed by atoms with Gasteiger partial charge in [-0.15, -0.1) is 0 Å². The summed E-state index contributed by atoms with van der Waals surface area (Å²) in [5.74, 6) is 0.283. The van der Waals surface area contributed by atoms with E-state index in [2.05, 4.69) is 5.10 Å². The van der Waals surface area contributed by atoms with Crippen molar-refractivity contribution in [3.63, 3.8) is 0 Å². The third-order valence-electron chi connectivity index (χ3n) is 4.04. The van der Waals surface area contributed by atoms with Gasteiger partial charge in [-0.05, 0) is 18.1 Å². The fourth-order valence-electron chi connectivity index (χ4n) is 3.09. The number of likely N-dealkylation sites (N-methyl/N-ethyl adjacent to an activating group) is 1. The van der Waals surface area contributed by atoms with Gasteiger partial charge in [0, 0.05) is 13.5 Å². The van der Waals surface area contributed by atoms with E-state index in [0.29, 0.717) is 23.6 Å². The molecule has 0 aliphatic carbocycles. The lowest BCUT2D eigenvalue weighted by molar-refractivity contribution is -0.152. The number of fused-ring (bicyclic) bond motifs is 3. The topological polar surface area (TPSA) is 39.2 Å². The number of halogens is 3. The number of carbonyl (C=O) groups excluding carboxylic acids is 1. The van der Waals surface area contributed by atoms with Crippen molar-refractivity contribution < 1.29 is 18.0 Å². The lowest BCUT2D eigenvalue weighted by Gasteiger charge is -2.40. The Labute approximate surface area is 138 Å². The van der Waals surface area contributed by atoms with Crippen molar-refractivity contribution >= 4 is 23.1 Å². The van der Waals surface area contributed by atoms with Gasteiger partial charge in [0.05, 0.1) is 11.4 Å². The fraction of sp³-hybridized carbons (Fsp3) is 0.500. The molecule has 0 saturated carbocycles. The van der Waals surface area contributed by atoms with Gasteiger partial charge >= 0.3 is 6.18 Å². The summed E-state index contributed by atoms with van der Waals surface area (Å²) in [6.45, 7) is 2.68. The van der Waals surface area contributed by atoms with Gasteiger partial charge in [-0.3, -0.25) is 14.7 Å². The molecule has 1 atom stereocenters. The molecule has 130 valence electrons. The Balaban J connectivity index is 2.07. The average molecular weight is 340 g/mol. The molecule has 24 heavy (non-hydrogen) atoms. The van der Waals surface area contributed by atoms with Gasteiger partial charge in [-0.2, -0.15) is 18.3 Å². The van der Waals surface area contributed by atoms with Gasteiger partial charge in [-0.25, -0.2) is 0 Å². The summed E-state index contributed by atoms with van der Waals surface area (Å²) in [5.41, 5.74) is 1.37. The van der Waals surface area contributed by atoms with Crippen molar-refractivity contribution in [3.8, 4) is 0 Å². The van der Waals surface area contributed by atoms with Gasteiger partial charge in [0.2, 0.25) is 6.17 Å². The number of hydrogen-bond donors (Lipinski definition) is 0. The zero-order valence-corrected chi connectivity index (χ0v) is 13.7. The maximum Gasteiger partial charge on any atom is 0.407 e. The molecule has 0 bridgehead atoms. The Morgan fingerprint density at radius 1 is 1.21 bits per heavy atom. The summed E-state index contributed by atoms with van der Waals surface area (Å²) in [4.78, 5) is 15.7. The lowest BCUT2D eigenvalue weighted by Crippen LogP contribution is -2.57. The molecule has 0 radical (unpaired) electrons. The summed E-state index contributed by atoms with van der Waals surface area (Å²) in [6, 6.07) is 7.19. The van der Waals surface area contributed by atoms with Gasteiger partial charge in [0.1, 0.15) is 12.4 Å². The van der Waals surface area contributed by atoms with E-state index in [0.717, 1.165) is 5.01 Å². The maximum absolute atomic E-state index is 12.9. The Bertz CT molecular complexity index is 686. The molecule has 2 heterocycles. The van der Waals surface area contributed by atoms with E-state index < -0.39 is 24.8 Å². The molecule has 0 N–H and O–H groups in total. The molecule has 2 aliphatic rings. The Kier molecular flexibility index (Phi) is 3.93. The van der Waals surface area contributed by atoms with E-state index in [1.807, 2.05) is 13.8 Å². The SMILES string of the molecule is CC(C)CC1=NN(CC(F)(F)F)C2C(=O)N(C)c3ccccc3N12. The van der Waals surface area contributed by atoms with E-state index >= 15 is 0 Å². The number of carbonyl (C=O) groups is 1. The van der Waals surface area contributed by atoms with Gasteiger partial charge in [0.15, 0.2) is 0 Å². The molecule has 1 amide bonds. The van der Waals surface area contributed by atoms with Crippen LogP contribution in [0.3, 0.4) is 0 Å². The lowest BCUT2D eigenvalue weighted by atomic mass is 10.1. The molecule has 0 fully saturated rings. The predicted molar refractivity (Wildman–Crippen MR) is 85.8 cm³/mol. The average Bonchev–Trinajstić information content (AvgIpc) is 2.80. The van der Waals surface area contributed by atoms with Crippen molar-refractivity contribution in [2.75, 3.05) is 23.4 Å². The number of hydrazone groups is 1. The third-order valence-corrected chi connectivity index (χ3v) is 4.04. The van der Waals surface area contributed by atoms with Crippen LogP contribution in [0.1, 0.15) is 20.3 Å². The molecule has 0 spiro atoms. The molecular formula is C16H19F3N4O. The van der Waals surface area contributed by atoms with E-state index in [1.54, 1.807) is 36.2 Å². The first-order chi connectivity index (χ1) is 11.2. The summed E-state index contributed by atoms with van der Waals surface area (Å²) in [5, 5.41) is 5.00. The number of nitrogens with zero attached hydrogens (tertiary/aromatic N) is 4. The highest BCUT2D eigenvalue weighted by atomic mass is 19.4. The van der Waals surface area contributed by atoms with Crippen LogP contribution in [0.25, 0.3) is 0 Å². The first-order valence-corrected chi connectivity index (χ1v) is 7.76. The number of benzene rings is 1. The van der Waals surface area contributed by atoms with Crippen LogP contribution in [-0.2, 0) is 4.79 Å². The van der Waals surface area contributed by atoms with Crippen LogP contribution in [0, 0.1) is 5.92 Å². The van der Waals surface area contributed by atoms with E-state index in [9.17, 15) is 18.0 Å². The Hall–Kier alpha value is -2.25. The number of anilines is 2. The first-order valence-electron chi connectivity index (χ1n) is 7.76. The van der Waals surface area contributed by atoms with Crippen LogP contribution in [0.15, 0.2) is 29.4 Å². The monoisotopic (exact) mass is 340 g/mol. The largest absolute Gasteiger partial charge is 0.407 e. The third kappa shape index (κ3) is 2.81. The number of para-hydroxylation sites is 2. The van der Waals surface area contributed by atoms with Crippen molar-refractivity contribution in [2.24, 2.45) is 11.0 Å².